The van der Waals surface area contributed by atoms with Crippen LogP contribution in [-0.4, -0.2) is 55.4 Å². The van der Waals surface area contributed by atoms with Crippen LogP contribution in [0.15, 0.2) is 76.9 Å². The van der Waals surface area contributed by atoms with E-state index in [0.29, 0.717) is 36.8 Å². The van der Waals surface area contributed by atoms with Crippen molar-refractivity contribution in [3.8, 4) is 0 Å². The van der Waals surface area contributed by atoms with Crippen LogP contribution in [0.1, 0.15) is 10.4 Å². The van der Waals surface area contributed by atoms with E-state index in [0.717, 1.165) is 5.82 Å². The molecule has 2 aromatic heterocycles. The summed E-state index contributed by atoms with van der Waals surface area (Å²) >= 11 is 5.82. The fourth-order valence-electron chi connectivity index (χ4n) is 3.26. The van der Waals surface area contributed by atoms with Gasteiger partial charge in [-0.3, -0.25) is 4.79 Å². The SMILES string of the molecule is O=C(c1ccc(S(=O)(=O)c2ccc(Cl)cc2)nc1)N1CCN(c2ccccn2)CC1. The summed E-state index contributed by atoms with van der Waals surface area (Å²) < 4.78 is 25.4. The van der Waals surface area contributed by atoms with Crippen molar-refractivity contribution in [1.82, 2.24) is 14.9 Å². The lowest BCUT2D eigenvalue weighted by Crippen LogP contribution is -2.49. The zero-order valence-corrected chi connectivity index (χ0v) is 17.6. The fourth-order valence-corrected chi connectivity index (χ4v) is 4.56. The topological polar surface area (TPSA) is 83.5 Å². The maximum Gasteiger partial charge on any atom is 0.255 e. The molecule has 1 amide bonds. The molecule has 0 atom stereocenters. The Hall–Kier alpha value is -2.97. The minimum absolute atomic E-state index is 0.101. The van der Waals surface area contributed by atoms with E-state index in [4.69, 9.17) is 11.6 Å². The molecular formula is C21H19ClN4O3S. The fraction of sp³-hybridized carbons (Fsp3) is 0.190. The monoisotopic (exact) mass is 442 g/mol. The third kappa shape index (κ3) is 4.15. The summed E-state index contributed by atoms with van der Waals surface area (Å²) in [6.07, 6.45) is 3.06. The quantitative estimate of drug-likeness (QED) is 0.617. The molecule has 1 fully saturated rings. The Morgan fingerprint density at radius 1 is 0.900 bits per heavy atom. The van der Waals surface area contributed by atoms with E-state index >= 15 is 0 Å². The second kappa shape index (κ2) is 8.41. The Balaban J connectivity index is 1.44. The summed E-state index contributed by atoms with van der Waals surface area (Å²) in [6, 6.07) is 14.5. The number of benzene rings is 1. The maximum absolute atomic E-state index is 12.8. The van der Waals surface area contributed by atoms with Crippen molar-refractivity contribution in [3.05, 3.63) is 77.6 Å². The summed E-state index contributed by atoms with van der Waals surface area (Å²) in [5, 5.41) is 0.340. The van der Waals surface area contributed by atoms with Gasteiger partial charge in [-0.25, -0.2) is 18.4 Å². The highest BCUT2D eigenvalue weighted by atomic mass is 35.5. The first-order valence-electron chi connectivity index (χ1n) is 9.37. The van der Waals surface area contributed by atoms with Gasteiger partial charge in [0.15, 0.2) is 5.03 Å². The first kappa shape index (κ1) is 20.3. The number of hydrogen-bond donors (Lipinski definition) is 0. The van der Waals surface area contributed by atoms with Crippen molar-refractivity contribution < 1.29 is 13.2 Å². The number of aromatic nitrogens is 2. The smallest absolute Gasteiger partial charge is 0.255 e. The molecule has 3 aromatic rings. The number of hydrogen-bond acceptors (Lipinski definition) is 6. The number of nitrogens with zero attached hydrogens (tertiary/aromatic N) is 4. The van der Waals surface area contributed by atoms with E-state index in [1.165, 1.54) is 42.6 Å². The molecule has 9 heteroatoms. The Morgan fingerprint density at radius 2 is 1.63 bits per heavy atom. The molecule has 0 radical (unpaired) electrons. The van der Waals surface area contributed by atoms with Gasteiger partial charge in [0.2, 0.25) is 9.84 Å². The lowest BCUT2D eigenvalue weighted by Gasteiger charge is -2.35. The number of carbonyl (C=O) groups excluding carboxylic acids is 1. The van der Waals surface area contributed by atoms with E-state index in [1.807, 2.05) is 18.2 Å². The van der Waals surface area contributed by atoms with Gasteiger partial charge in [0.05, 0.1) is 10.5 Å². The van der Waals surface area contributed by atoms with Gasteiger partial charge in [0.25, 0.3) is 5.91 Å². The third-order valence-electron chi connectivity index (χ3n) is 4.92. The number of amides is 1. The van der Waals surface area contributed by atoms with E-state index in [2.05, 4.69) is 14.9 Å². The lowest BCUT2D eigenvalue weighted by molar-refractivity contribution is 0.0746. The van der Waals surface area contributed by atoms with Crippen LogP contribution in [0.25, 0.3) is 0 Å². The predicted octanol–water partition coefficient (Wildman–Crippen LogP) is 2.93. The molecule has 1 aliphatic heterocycles. The molecule has 4 rings (SSSR count). The number of carbonyl (C=O) groups is 1. The second-order valence-electron chi connectivity index (χ2n) is 6.81. The highest BCUT2D eigenvalue weighted by Crippen LogP contribution is 2.21. The molecule has 0 unspecified atom stereocenters. The van der Waals surface area contributed by atoms with Gasteiger partial charge >= 0.3 is 0 Å². The van der Waals surface area contributed by atoms with Crippen LogP contribution in [0.3, 0.4) is 0 Å². The first-order valence-corrected chi connectivity index (χ1v) is 11.2. The largest absolute Gasteiger partial charge is 0.353 e. The number of piperazine rings is 1. The van der Waals surface area contributed by atoms with Crippen molar-refractivity contribution in [1.29, 1.82) is 0 Å². The molecule has 3 heterocycles. The molecule has 0 N–H and O–H groups in total. The average molecular weight is 443 g/mol. The second-order valence-corrected chi connectivity index (χ2v) is 9.14. The number of anilines is 1. The molecule has 154 valence electrons. The Morgan fingerprint density at radius 3 is 2.23 bits per heavy atom. The molecular weight excluding hydrogens is 424 g/mol. The van der Waals surface area contributed by atoms with Crippen LogP contribution in [0.5, 0.6) is 0 Å². The Kier molecular flexibility index (Phi) is 5.69. The first-order chi connectivity index (χ1) is 14.4. The van der Waals surface area contributed by atoms with Gasteiger partial charge in [-0.05, 0) is 48.5 Å². The van der Waals surface area contributed by atoms with Crippen LogP contribution in [0, 0.1) is 0 Å². The third-order valence-corrected chi connectivity index (χ3v) is 6.86. The van der Waals surface area contributed by atoms with Gasteiger partial charge in [-0.1, -0.05) is 17.7 Å². The van der Waals surface area contributed by atoms with Crippen molar-refractivity contribution >= 4 is 33.2 Å². The van der Waals surface area contributed by atoms with Crippen molar-refractivity contribution in [2.75, 3.05) is 31.1 Å². The summed E-state index contributed by atoms with van der Waals surface area (Å²) in [4.78, 5) is 25.1. The van der Waals surface area contributed by atoms with Gasteiger partial charge in [0, 0.05) is 43.6 Å². The van der Waals surface area contributed by atoms with E-state index in [1.54, 1.807) is 11.1 Å². The zero-order chi connectivity index (χ0) is 21.1. The van der Waals surface area contributed by atoms with E-state index < -0.39 is 9.84 Å². The van der Waals surface area contributed by atoms with E-state index in [9.17, 15) is 13.2 Å². The number of sulfone groups is 1. The lowest BCUT2D eigenvalue weighted by atomic mass is 10.2. The molecule has 1 saturated heterocycles. The van der Waals surface area contributed by atoms with Crippen molar-refractivity contribution in [2.24, 2.45) is 0 Å². The van der Waals surface area contributed by atoms with Crippen LogP contribution < -0.4 is 4.90 Å². The van der Waals surface area contributed by atoms with Gasteiger partial charge in [-0.15, -0.1) is 0 Å². The van der Waals surface area contributed by atoms with Gasteiger partial charge < -0.3 is 9.80 Å². The molecule has 1 aromatic carbocycles. The molecule has 0 spiro atoms. The summed E-state index contributed by atoms with van der Waals surface area (Å²) in [5.41, 5.74) is 0.358. The minimum atomic E-state index is -3.77. The molecule has 0 saturated carbocycles. The maximum atomic E-state index is 12.8. The van der Waals surface area contributed by atoms with Crippen LogP contribution >= 0.6 is 11.6 Å². The molecule has 30 heavy (non-hydrogen) atoms. The Labute approximate surface area is 179 Å². The van der Waals surface area contributed by atoms with Gasteiger partial charge in [0.1, 0.15) is 5.82 Å². The normalized spacial score (nSPS) is 14.6. The summed E-state index contributed by atoms with van der Waals surface area (Å²) in [6.45, 7) is 2.47. The highest BCUT2D eigenvalue weighted by molar-refractivity contribution is 7.91. The average Bonchev–Trinajstić information content (AvgIpc) is 2.80. The van der Waals surface area contributed by atoms with Crippen LogP contribution in [-0.2, 0) is 9.84 Å². The predicted molar refractivity (Wildman–Crippen MR) is 113 cm³/mol. The Bertz CT molecular complexity index is 1130. The number of rotatable bonds is 4. The molecule has 0 bridgehead atoms. The molecule has 7 nitrogen and oxygen atoms in total. The van der Waals surface area contributed by atoms with Crippen molar-refractivity contribution in [3.63, 3.8) is 0 Å². The highest BCUT2D eigenvalue weighted by Gasteiger charge is 2.24. The van der Waals surface area contributed by atoms with Gasteiger partial charge in [-0.2, -0.15) is 0 Å². The minimum Gasteiger partial charge on any atom is -0.353 e. The summed E-state index contributed by atoms with van der Waals surface area (Å²) in [5.74, 6) is 0.724. The van der Waals surface area contributed by atoms with Crippen molar-refractivity contribution in [2.45, 2.75) is 9.92 Å². The zero-order valence-electron chi connectivity index (χ0n) is 16.0. The number of halogens is 1. The number of pyridine rings is 2. The molecule has 1 aliphatic rings. The standard InChI is InChI=1S/C21H19ClN4O3S/c22-17-5-7-18(8-6-17)30(28,29)20-9-4-16(15-24-20)21(27)26-13-11-25(12-14-26)19-3-1-2-10-23-19/h1-10,15H,11-14H2. The van der Waals surface area contributed by atoms with E-state index in [-0.39, 0.29) is 15.8 Å². The van der Waals surface area contributed by atoms with Crippen LogP contribution in [0.4, 0.5) is 5.82 Å². The summed E-state index contributed by atoms with van der Waals surface area (Å²) in [7, 11) is -3.77. The van der Waals surface area contributed by atoms with Crippen LogP contribution in [0.2, 0.25) is 5.02 Å². The molecule has 0 aliphatic carbocycles.